The second kappa shape index (κ2) is 5.76. The third-order valence-corrected chi connectivity index (χ3v) is 4.72. The van der Waals surface area contributed by atoms with E-state index in [4.69, 9.17) is 11.6 Å². The summed E-state index contributed by atoms with van der Waals surface area (Å²) in [6, 6.07) is 10.1. The van der Waals surface area contributed by atoms with Crippen molar-refractivity contribution < 1.29 is 0 Å². The van der Waals surface area contributed by atoms with Gasteiger partial charge in [0.15, 0.2) is 0 Å². The molecule has 3 rings (SSSR count). The van der Waals surface area contributed by atoms with Crippen molar-refractivity contribution in [1.29, 1.82) is 5.26 Å². The van der Waals surface area contributed by atoms with Crippen LogP contribution in [0.25, 0.3) is 11.1 Å². The van der Waals surface area contributed by atoms with Crippen molar-refractivity contribution in [2.75, 3.05) is 13.6 Å². The molecule has 5 heteroatoms. The van der Waals surface area contributed by atoms with Gasteiger partial charge in [-0.05, 0) is 24.2 Å². The molecule has 1 aromatic heterocycles. The van der Waals surface area contributed by atoms with E-state index >= 15 is 0 Å². The molecule has 1 aromatic carbocycles. The van der Waals surface area contributed by atoms with Gasteiger partial charge in [-0.3, -0.25) is 0 Å². The lowest BCUT2D eigenvalue weighted by Crippen LogP contribution is -2.28. The molecule has 0 bridgehead atoms. The molecule has 0 fully saturated rings. The van der Waals surface area contributed by atoms with Gasteiger partial charge >= 0.3 is 0 Å². The summed E-state index contributed by atoms with van der Waals surface area (Å²) in [6.07, 6.45) is 0.856. The fourth-order valence-corrected chi connectivity index (χ4v) is 3.45. The highest BCUT2D eigenvalue weighted by Crippen LogP contribution is 2.38. The minimum Gasteiger partial charge on any atom is -0.302 e. The first-order valence-corrected chi connectivity index (χ1v) is 7.83. The number of pyridine rings is 1. The van der Waals surface area contributed by atoms with Crippen molar-refractivity contribution in [3.05, 3.63) is 50.7 Å². The summed E-state index contributed by atoms with van der Waals surface area (Å²) in [7, 11) is 2.08. The molecule has 0 saturated heterocycles. The zero-order valence-electron chi connectivity index (χ0n) is 11.5. The summed E-state index contributed by atoms with van der Waals surface area (Å²) < 4.78 is 0.958. The molecule has 0 atom stereocenters. The number of fused-ring (bicyclic) bond motifs is 1. The number of hydrogen-bond donors (Lipinski definition) is 0. The normalized spacial score (nSPS) is 14.6. The SMILES string of the molecule is CN1CCc2nc(Cl)c(C#N)c(-c3ccccc3Br)c2C1. The van der Waals surface area contributed by atoms with Gasteiger partial charge in [-0.15, -0.1) is 0 Å². The summed E-state index contributed by atoms with van der Waals surface area (Å²) in [6.45, 7) is 1.74. The molecule has 0 aliphatic carbocycles. The Hall–Kier alpha value is -1.41. The molecule has 0 spiro atoms. The van der Waals surface area contributed by atoms with Crippen LogP contribution in [0.5, 0.6) is 0 Å². The molecule has 0 radical (unpaired) electrons. The van der Waals surface area contributed by atoms with Crippen LogP contribution >= 0.6 is 27.5 Å². The molecule has 106 valence electrons. The Morgan fingerprint density at radius 2 is 2.14 bits per heavy atom. The van der Waals surface area contributed by atoms with Crippen LogP contribution < -0.4 is 0 Å². The molecular weight excluding hydrogens is 350 g/mol. The van der Waals surface area contributed by atoms with Gasteiger partial charge in [-0.25, -0.2) is 4.98 Å². The lowest BCUT2D eigenvalue weighted by Gasteiger charge is -2.27. The van der Waals surface area contributed by atoms with E-state index in [1.165, 1.54) is 0 Å². The Kier molecular flexibility index (Phi) is 3.99. The number of halogens is 2. The highest BCUT2D eigenvalue weighted by Gasteiger charge is 2.24. The second-order valence-corrected chi connectivity index (χ2v) is 6.37. The third kappa shape index (κ3) is 2.57. The molecule has 0 amide bonds. The lowest BCUT2D eigenvalue weighted by atomic mass is 9.92. The van der Waals surface area contributed by atoms with Gasteiger partial charge in [-0.1, -0.05) is 45.7 Å². The van der Waals surface area contributed by atoms with Crippen LogP contribution in [0.15, 0.2) is 28.7 Å². The molecule has 2 heterocycles. The summed E-state index contributed by atoms with van der Waals surface area (Å²) in [4.78, 5) is 6.67. The summed E-state index contributed by atoms with van der Waals surface area (Å²) in [5.74, 6) is 0. The largest absolute Gasteiger partial charge is 0.302 e. The first-order chi connectivity index (χ1) is 10.1. The van der Waals surface area contributed by atoms with Gasteiger partial charge in [0.1, 0.15) is 11.2 Å². The Balaban J connectivity index is 2.35. The highest BCUT2D eigenvalue weighted by molar-refractivity contribution is 9.10. The zero-order valence-corrected chi connectivity index (χ0v) is 13.9. The molecule has 0 N–H and O–H groups in total. The van der Waals surface area contributed by atoms with Gasteiger partial charge in [-0.2, -0.15) is 5.26 Å². The Morgan fingerprint density at radius 3 is 2.86 bits per heavy atom. The quantitative estimate of drug-likeness (QED) is 0.719. The van der Waals surface area contributed by atoms with E-state index < -0.39 is 0 Å². The number of rotatable bonds is 1. The number of likely N-dealkylation sites (N-methyl/N-ethyl adjacent to an activating group) is 1. The van der Waals surface area contributed by atoms with Crippen molar-refractivity contribution in [3.63, 3.8) is 0 Å². The summed E-state index contributed by atoms with van der Waals surface area (Å²) in [5, 5.41) is 9.81. The number of nitriles is 1. The number of benzene rings is 1. The molecule has 1 aliphatic heterocycles. The van der Waals surface area contributed by atoms with Crippen LogP contribution in [-0.2, 0) is 13.0 Å². The van der Waals surface area contributed by atoms with Crippen LogP contribution in [0.4, 0.5) is 0 Å². The maximum atomic E-state index is 9.52. The van der Waals surface area contributed by atoms with E-state index in [0.29, 0.717) is 10.7 Å². The molecule has 21 heavy (non-hydrogen) atoms. The van der Waals surface area contributed by atoms with Crippen molar-refractivity contribution in [2.24, 2.45) is 0 Å². The van der Waals surface area contributed by atoms with E-state index in [9.17, 15) is 5.26 Å². The number of aromatic nitrogens is 1. The summed E-state index contributed by atoms with van der Waals surface area (Å²) in [5.41, 5.74) is 4.47. The van der Waals surface area contributed by atoms with Crippen LogP contribution in [0.3, 0.4) is 0 Å². The maximum absolute atomic E-state index is 9.52. The van der Waals surface area contributed by atoms with Crippen molar-refractivity contribution >= 4 is 27.5 Å². The van der Waals surface area contributed by atoms with Gasteiger partial charge in [0.05, 0.1) is 5.56 Å². The minimum absolute atomic E-state index is 0.298. The standard InChI is InChI=1S/C16H13BrClN3/c1-21-7-6-14-12(9-21)15(11(8-19)16(18)20-14)10-4-2-3-5-13(10)17/h2-5H,6-7,9H2,1H3. The Bertz CT molecular complexity index is 752. The summed E-state index contributed by atoms with van der Waals surface area (Å²) >= 11 is 9.82. The van der Waals surface area contributed by atoms with Crippen LogP contribution in [0.2, 0.25) is 5.15 Å². The first-order valence-electron chi connectivity index (χ1n) is 6.66. The molecule has 0 unspecified atom stereocenters. The molecule has 2 aromatic rings. The maximum Gasteiger partial charge on any atom is 0.147 e. The van der Waals surface area contributed by atoms with E-state index in [0.717, 1.165) is 46.4 Å². The second-order valence-electron chi connectivity index (χ2n) is 5.16. The van der Waals surface area contributed by atoms with E-state index in [2.05, 4.69) is 38.9 Å². The van der Waals surface area contributed by atoms with Gasteiger partial charge in [0.2, 0.25) is 0 Å². The average molecular weight is 363 g/mol. The van der Waals surface area contributed by atoms with E-state index in [-0.39, 0.29) is 0 Å². The van der Waals surface area contributed by atoms with Gasteiger partial charge in [0, 0.05) is 35.2 Å². The zero-order chi connectivity index (χ0) is 15.0. The molecule has 1 aliphatic rings. The predicted molar refractivity (Wildman–Crippen MR) is 87.1 cm³/mol. The first kappa shape index (κ1) is 14.5. The van der Waals surface area contributed by atoms with Crippen molar-refractivity contribution in [1.82, 2.24) is 9.88 Å². The topological polar surface area (TPSA) is 39.9 Å². The van der Waals surface area contributed by atoms with Crippen LogP contribution in [0.1, 0.15) is 16.8 Å². The van der Waals surface area contributed by atoms with Crippen LogP contribution in [0, 0.1) is 11.3 Å². The predicted octanol–water partition coefficient (Wildman–Crippen LogP) is 4.02. The monoisotopic (exact) mass is 361 g/mol. The van der Waals surface area contributed by atoms with Gasteiger partial charge in [0.25, 0.3) is 0 Å². The minimum atomic E-state index is 0.298. The molecule has 3 nitrogen and oxygen atoms in total. The third-order valence-electron chi connectivity index (χ3n) is 3.75. The van der Waals surface area contributed by atoms with Crippen molar-refractivity contribution in [2.45, 2.75) is 13.0 Å². The fraction of sp³-hybridized carbons (Fsp3) is 0.250. The number of nitrogens with zero attached hydrogens (tertiary/aromatic N) is 3. The lowest BCUT2D eigenvalue weighted by molar-refractivity contribution is 0.310. The van der Waals surface area contributed by atoms with Gasteiger partial charge < -0.3 is 4.90 Å². The fourth-order valence-electron chi connectivity index (χ4n) is 2.73. The smallest absolute Gasteiger partial charge is 0.147 e. The highest BCUT2D eigenvalue weighted by atomic mass is 79.9. The number of hydrogen-bond acceptors (Lipinski definition) is 3. The molecular formula is C16H13BrClN3. The average Bonchev–Trinajstić information content (AvgIpc) is 2.47. The van der Waals surface area contributed by atoms with Crippen LogP contribution in [-0.4, -0.2) is 23.5 Å². The Labute approximate surface area is 137 Å². The van der Waals surface area contributed by atoms with E-state index in [1.54, 1.807) is 0 Å². The van der Waals surface area contributed by atoms with E-state index in [1.807, 2.05) is 24.3 Å². The Morgan fingerprint density at radius 1 is 1.38 bits per heavy atom. The van der Waals surface area contributed by atoms with Crippen molar-refractivity contribution in [3.8, 4) is 17.2 Å². The molecule has 0 saturated carbocycles.